The molecule has 0 heterocycles. The molecule has 0 bridgehead atoms. The summed E-state index contributed by atoms with van der Waals surface area (Å²) in [6.07, 6.45) is 0. The van der Waals surface area contributed by atoms with Crippen molar-refractivity contribution in [2.24, 2.45) is 0 Å². The molecule has 5 heteroatoms. The summed E-state index contributed by atoms with van der Waals surface area (Å²) in [4.78, 5) is 0. The Morgan fingerprint density at radius 3 is 2.58 bits per heavy atom. The Hall–Kier alpha value is -0.797. The molecule has 0 aliphatic rings. The van der Waals surface area contributed by atoms with Crippen LogP contribution in [0.15, 0.2) is 36.4 Å². The summed E-state index contributed by atoms with van der Waals surface area (Å²) in [6.45, 7) is 1.97. The standard InChI is InChI=1S/C14H11F2O.BrH.Zn/c1-10-3-2-4-13(7-10)17-9-11-5-6-12(15)8-14(11)16;;/h2,4-8H,9H2,1H3;1H;/q-1;;+2/p-1. The number of hydrogen-bond acceptors (Lipinski definition) is 1. The van der Waals surface area contributed by atoms with Crippen LogP contribution in [-0.4, -0.2) is 0 Å². The van der Waals surface area contributed by atoms with Crippen molar-refractivity contribution in [1.82, 2.24) is 0 Å². The second-order valence-electron chi connectivity index (χ2n) is 3.73. The number of aryl methyl sites for hydroxylation is 1. The molecule has 0 fully saturated rings. The Labute approximate surface area is 128 Å². The van der Waals surface area contributed by atoms with Gasteiger partial charge in [0.25, 0.3) is 0 Å². The van der Waals surface area contributed by atoms with Gasteiger partial charge in [0.05, 0.1) is 0 Å². The van der Waals surface area contributed by atoms with Crippen LogP contribution in [-0.2, 0) is 22.9 Å². The van der Waals surface area contributed by atoms with Gasteiger partial charge < -0.3 is 4.74 Å². The SMILES string of the molecule is Cc1[c-]ccc(OCc2ccc(F)cc2F)c1.[Zn+][Br]. The normalized spacial score (nSPS) is 9.58. The third-order valence-corrected chi connectivity index (χ3v) is 2.33. The van der Waals surface area contributed by atoms with Crippen LogP contribution in [0.4, 0.5) is 8.78 Å². The summed E-state index contributed by atoms with van der Waals surface area (Å²) < 4.78 is 31.4. The molecule has 0 aliphatic carbocycles. The Morgan fingerprint density at radius 1 is 1.21 bits per heavy atom. The molecule has 0 N–H and O–H groups in total. The summed E-state index contributed by atoms with van der Waals surface area (Å²) >= 11 is 4.25. The Kier molecular flexibility index (Phi) is 7.18. The fraction of sp³-hybridized carbons (Fsp3) is 0.143. The zero-order valence-corrected chi connectivity index (χ0v) is 15.0. The first-order valence-corrected chi connectivity index (χ1v) is 12.4. The van der Waals surface area contributed by atoms with Crippen molar-refractivity contribution in [2.45, 2.75) is 13.5 Å². The molecule has 0 radical (unpaired) electrons. The number of rotatable bonds is 3. The van der Waals surface area contributed by atoms with E-state index < -0.39 is 11.6 Å². The summed E-state index contributed by atoms with van der Waals surface area (Å²) in [5.41, 5.74) is 1.28. The van der Waals surface area contributed by atoms with E-state index in [2.05, 4.69) is 19.7 Å². The van der Waals surface area contributed by atoms with E-state index >= 15 is 0 Å². The van der Waals surface area contributed by atoms with Crippen LogP contribution < -0.4 is 4.74 Å². The van der Waals surface area contributed by atoms with E-state index in [4.69, 9.17) is 4.74 Å². The molecule has 0 unspecified atom stereocenters. The molecule has 0 aliphatic heterocycles. The van der Waals surface area contributed by atoms with Crippen molar-refractivity contribution in [1.29, 1.82) is 0 Å². The number of hydrogen-bond donors (Lipinski definition) is 0. The summed E-state index contributed by atoms with van der Waals surface area (Å²) in [7, 11) is 0. The molecule has 19 heavy (non-hydrogen) atoms. The molecule has 0 aromatic heterocycles. The van der Waals surface area contributed by atoms with Crippen LogP contribution in [0.5, 0.6) is 5.75 Å². The van der Waals surface area contributed by atoms with Crippen molar-refractivity contribution in [3.63, 3.8) is 0 Å². The molecular weight excluding hydrogens is 367 g/mol. The fourth-order valence-electron chi connectivity index (χ4n) is 1.45. The molecule has 0 spiro atoms. The predicted molar refractivity (Wildman–Crippen MR) is 69.6 cm³/mol. The van der Waals surface area contributed by atoms with Gasteiger partial charge in [0, 0.05) is 17.4 Å². The van der Waals surface area contributed by atoms with Gasteiger partial charge in [-0.05, 0) is 12.1 Å². The zero-order valence-electron chi connectivity index (χ0n) is 10.4. The summed E-state index contributed by atoms with van der Waals surface area (Å²) in [5.74, 6) is -0.536. The van der Waals surface area contributed by atoms with E-state index in [1.807, 2.05) is 6.92 Å². The molecule has 0 saturated heterocycles. The van der Waals surface area contributed by atoms with Gasteiger partial charge in [-0.25, -0.2) is 8.78 Å². The molecule has 96 valence electrons. The van der Waals surface area contributed by atoms with Crippen molar-refractivity contribution in [3.8, 4) is 5.75 Å². The average molecular weight is 379 g/mol. The third kappa shape index (κ3) is 5.37. The quantitative estimate of drug-likeness (QED) is 0.565. The topological polar surface area (TPSA) is 9.23 Å². The zero-order chi connectivity index (χ0) is 14.3. The third-order valence-electron chi connectivity index (χ3n) is 2.33. The van der Waals surface area contributed by atoms with Gasteiger partial charge in [-0.15, -0.1) is 12.1 Å². The van der Waals surface area contributed by atoms with E-state index in [0.717, 1.165) is 11.6 Å². The van der Waals surface area contributed by atoms with Crippen molar-refractivity contribution >= 4 is 13.6 Å². The minimum atomic E-state index is -0.593. The van der Waals surface area contributed by atoms with Crippen LogP contribution in [0, 0.1) is 24.6 Å². The minimum absolute atomic E-state index is 0.0789. The molecule has 0 saturated carbocycles. The first kappa shape index (κ1) is 16.3. The van der Waals surface area contributed by atoms with E-state index in [1.165, 1.54) is 28.5 Å². The number of halogens is 3. The van der Waals surface area contributed by atoms with Gasteiger partial charge in [-0.3, -0.25) is 0 Å². The van der Waals surface area contributed by atoms with Crippen LogP contribution in [0.3, 0.4) is 0 Å². The van der Waals surface area contributed by atoms with Crippen LogP contribution in [0.2, 0.25) is 0 Å². The van der Waals surface area contributed by atoms with E-state index in [9.17, 15) is 8.78 Å². The van der Waals surface area contributed by atoms with Crippen molar-refractivity contribution in [2.75, 3.05) is 0 Å². The summed E-state index contributed by atoms with van der Waals surface area (Å²) in [5, 5.41) is 0. The molecule has 2 rings (SSSR count). The maximum absolute atomic E-state index is 13.3. The Bertz CT molecular complexity index is 535. The van der Waals surface area contributed by atoms with Gasteiger partial charge in [0.15, 0.2) is 0 Å². The van der Waals surface area contributed by atoms with Gasteiger partial charge in [0.2, 0.25) is 0 Å². The molecule has 2 aromatic carbocycles. The fourth-order valence-corrected chi connectivity index (χ4v) is 1.45. The van der Waals surface area contributed by atoms with Crippen LogP contribution in [0.25, 0.3) is 0 Å². The van der Waals surface area contributed by atoms with E-state index in [-0.39, 0.29) is 6.61 Å². The predicted octanol–water partition coefficient (Wildman–Crippen LogP) is 4.50. The average Bonchev–Trinajstić information content (AvgIpc) is 2.40. The first-order chi connectivity index (χ1) is 9.15. The van der Waals surface area contributed by atoms with Gasteiger partial charge >= 0.3 is 30.0 Å². The van der Waals surface area contributed by atoms with Gasteiger partial charge in [-0.2, -0.15) is 17.7 Å². The Morgan fingerprint density at radius 2 is 1.95 bits per heavy atom. The summed E-state index contributed by atoms with van der Waals surface area (Å²) in [6, 6.07) is 11.7. The van der Waals surface area contributed by atoms with Crippen LogP contribution in [0.1, 0.15) is 11.1 Å². The van der Waals surface area contributed by atoms with Crippen molar-refractivity contribution in [3.05, 3.63) is 65.2 Å². The van der Waals surface area contributed by atoms with Crippen LogP contribution >= 0.6 is 13.6 Å². The molecule has 0 atom stereocenters. The van der Waals surface area contributed by atoms with Crippen molar-refractivity contribution < 1.29 is 29.9 Å². The maximum atomic E-state index is 13.3. The number of ether oxygens (including phenoxy) is 1. The number of benzene rings is 2. The molecule has 2 aromatic rings. The second kappa shape index (κ2) is 8.39. The molecule has 0 amide bonds. The first-order valence-electron chi connectivity index (χ1n) is 5.47. The monoisotopic (exact) mass is 376 g/mol. The molecular formula is C14H11BrF2OZn. The van der Waals surface area contributed by atoms with E-state index in [0.29, 0.717) is 11.3 Å². The van der Waals surface area contributed by atoms with E-state index in [1.54, 1.807) is 18.2 Å². The van der Waals surface area contributed by atoms with Gasteiger partial charge in [0.1, 0.15) is 18.2 Å². The van der Waals surface area contributed by atoms with Gasteiger partial charge in [-0.1, -0.05) is 6.92 Å². The Balaban J connectivity index is 0.000000861. The second-order valence-corrected chi connectivity index (χ2v) is 3.73. The molecule has 1 nitrogen and oxygen atoms in total.